The van der Waals surface area contributed by atoms with E-state index in [1.165, 1.54) is 25.0 Å². The molecule has 7 rings (SSSR count). The van der Waals surface area contributed by atoms with E-state index < -0.39 is 0 Å². The minimum absolute atomic E-state index is 0.0445. The molecule has 18 nitrogen and oxygen atoms in total. The zero-order chi connectivity index (χ0) is 45.7. The predicted octanol–water partition coefficient (Wildman–Crippen LogP) is 7.52. The number of pyridine rings is 1. The molecular weight excluding hydrogens is 775 g/mol. The van der Waals surface area contributed by atoms with Crippen LogP contribution in [0.4, 0.5) is 11.6 Å². The summed E-state index contributed by atoms with van der Waals surface area (Å²) in [7, 11) is 3.86. The van der Waals surface area contributed by atoms with E-state index in [9.17, 15) is 14.4 Å². The SMILES string of the molecule is CC(=O)c1cn(C(C)C)nn1.CC(=O)c1cnn(C(C)C)c1.CC(=O)c1ncn(C(C)C)n1.CC(C)C1=CCc2c(N)ccnc21.CC(C)n1cnc2cnc(N(C)C)nc21. The van der Waals surface area contributed by atoms with Gasteiger partial charge >= 0.3 is 0 Å². The zero-order valence-electron chi connectivity index (χ0n) is 38.4. The Morgan fingerprint density at radius 1 is 0.738 bits per heavy atom. The number of rotatable bonds is 9. The summed E-state index contributed by atoms with van der Waals surface area (Å²) < 4.78 is 7.15. The third-order valence-corrected chi connectivity index (χ3v) is 9.06. The normalized spacial score (nSPS) is 11.6. The van der Waals surface area contributed by atoms with E-state index in [1.807, 2.05) is 77.5 Å². The lowest BCUT2D eigenvalue weighted by Crippen LogP contribution is -2.13. The number of nitrogens with zero attached hydrogens (tertiary/aromatic N) is 14. The molecular formula is C43H63N15O3. The largest absolute Gasteiger partial charge is 0.398 e. The fourth-order valence-electron chi connectivity index (χ4n) is 5.38. The van der Waals surface area contributed by atoms with E-state index in [4.69, 9.17) is 5.73 Å². The van der Waals surface area contributed by atoms with Crippen LogP contribution in [-0.4, -0.2) is 95.5 Å². The molecule has 0 saturated heterocycles. The van der Waals surface area contributed by atoms with Crippen molar-refractivity contribution < 1.29 is 14.4 Å². The highest BCUT2D eigenvalue weighted by Gasteiger charge is 2.19. The van der Waals surface area contributed by atoms with Crippen LogP contribution < -0.4 is 10.6 Å². The minimum atomic E-state index is -0.0931. The third-order valence-electron chi connectivity index (χ3n) is 9.06. The first-order valence-corrected chi connectivity index (χ1v) is 20.3. The van der Waals surface area contributed by atoms with Crippen molar-refractivity contribution in [3.05, 3.63) is 84.1 Å². The number of aromatic nitrogens is 13. The van der Waals surface area contributed by atoms with E-state index >= 15 is 0 Å². The average molecular weight is 838 g/mol. The number of carbonyl (C=O) groups is 3. The first-order chi connectivity index (χ1) is 28.6. The molecule has 0 radical (unpaired) electrons. The van der Waals surface area contributed by atoms with Crippen molar-refractivity contribution in [3.8, 4) is 0 Å². The Morgan fingerprint density at radius 3 is 1.84 bits per heavy atom. The van der Waals surface area contributed by atoms with Crippen molar-refractivity contribution in [1.82, 2.24) is 64.0 Å². The van der Waals surface area contributed by atoms with Crippen molar-refractivity contribution in [2.24, 2.45) is 5.92 Å². The van der Waals surface area contributed by atoms with Gasteiger partial charge in [-0.05, 0) is 86.3 Å². The van der Waals surface area contributed by atoms with Crippen LogP contribution in [-0.2, 0) is 6.42 Å². The van der Waals surface area contributed by atoms with Gasteiger partial charge in [0.2, 0.25) is 11.8 Å². The number of hydrogen-bond acceptors (Lipinski definition) is 14. The van der Waals surface area contributed by atoms with Gasteiger partial charge in [0, 0.05) is 75.8 Å². The molecule has 6 heterocycles. The number of nitrogens with two attached hydrogens (primary N) is 1. The van der Waals surface area contributed by atoms with Gasteiger partial charge in [-0.25, -0.2) is 24.3 Å². The molecule has 1 aliphatic rings. The highest BCUT2D eigenvalue weighted by atomic mass is 16.1. The molecule has 0 bridgehead atoms. The van der Waals surface area contributed by atoms with E-state index in [2.05, 4.69) is 79.2 Å². The van der Waals surface area contributed by atoms with Crippen LogP contribution >= 0.6 is 0 Å². The number of fused-ring (bicyclic) bond motifs is 2. The van der Waals surface area contributed by atoms with Crippen LogP contribution in [0.5, 0.6) is 0 Å². The van der Waals surface area contributed by atoms with Gasteiger partial charge in [-0.15, -0.1) is 10.2 Å². The number of nitrogen functional groups attached to an aromatic ring is 1. The van der Waals surface area contributed by atoms with Crippen LogP contribution in [0.25, 0.3) is 16.7 Å². The molecule has 328 valence electrons. The number of imidazole rings is 1. The number of hydrogen-bond donors (Lipinski definition) is 1. The minimum Gasteiger partial charge on any atom is -0.398 e. The summed E-state index contributed by atoms with van der Waals surface area (Å²) in [4.78, 5) is 55.4. The molecule has 0 atom stereocenters. The topological polar surface area (TPSA) is 216 Å². The van der Waals surface area contributed by atoms with Gasteiger partial charge in [-0.3, -0.25) is 24.0 Å². The molecule has 0 spiro atoms. The maximum absolute atomic E-state index is 10.8. The number of allylic oxidation sites excluding steroid dienone is 2. The van der Waals surface area contributed by atoms with Crippen LogP contribution in [0.3, 0.4) is 0 Å². The molecule has 61 heavy (non-hydrogen) atoms. The summed E-state index contributed by atoms with van der Waals surface area (Å²) in [6.07, 6.45) is 15.1. The maximum atomic E-state index is 10.8. The van der Waals surface area contributed by atoms with Crippen molar-refractivity contribution >= 4 is 45.7 Å². The molecule has 0 unspecified atom stereocenters. The molecule has 0 aliphatic heterocycles. The van der Waals surface area contributed by atoms with Crippen LogP contribution in [0.2, 0.25) is 0 Å². The van der Waals surface area contributed by atoms with Gasteiger partial charge in [0.1, 0.15) is 17.5 Å². The Balaban J connectivity index is 0.000000205. The Bertz CT molecular complexity index is 2260. The second-order valence-corrected chi connectivity index (χ2v) is 16.1. The highest BCUT2D eigenvalue weighted by Crippen LogP contribution is 2.33. The van der Waals surface area contributed by atoms with E-state index in [-0.39, 0.29) is 29.4 Å². The predicted molar refractivity (Wildman–Crippen MR) is 239 cm³/mol. The summed E-state index contributed by atoms with van der Waals surface area (Å²) in [5, 5.41) is 15.5. The lowest BCUT2D eigenvalue weighted by Gasteiger charge is -2.11. The van der Waals surface area contributed by atoms with E-state index in [0.29, 0.717) is 41.0 Å². The maximum Gasteiger partial charge on any atom is 0.226 e. The summed E-state index contributed by atoms with van der Waals surface area (Å²) in [6.45, 7) is 25.1. The van der Waals surface area contributed by atoms with Gasteiger partial charge in [0.15, 0.2) is 23.0 Å². The summed E-state index contributed by atoms with van der Waals surface area (Å²) in [6, 6.07) is 3.07. The summed E-state index contributed by atoms with van der Waals surface area (Å²) in [5.41, 5.74) is 13.2. The molecule has 0 saturated carbocycles. The summed E-state index contributed by atoms with van der Waals surface area (Å²) in [5.74, 6) is 1.47. The number of anilines is 2. The van der Waals surface area contributed by atoms with Gasteiger partial charge in [0.05, 0.1) is 36.2 Å². The standard InChI is InChI=1S/C11H14N2.C10H15N5.C8H12N2O.2C7H11N3O/c1-7(2)8-3-4-9-10(12)5-6-13-11(8)9;1-7(2)15-6-12-8-5-11-10(14(3)4)13-9(8)15;1-6(2)10-5-8(4-9-10)7(3)11;1-5(2)10-4-8-7(9-10)6(3)11;1-5(2)10-4-7(6(3)11)8-9-10/h3,5-7H,4H2,1-2H3,(H2,12,13);5-7H,1-4H3;4-6H,1-3H3;2*4-5H,1-3H3. The molecule has 0 amide bonds. The molecule has 6 aromatic rings. The van der Waals surface area contributed by atoms with Crippen molar-refractivity contribution in [2.75, 3.05) is 24.7 Å². The molecule has 1 aliphatic carbocycles. The number of carbonyl (C=O) groups excluding carboxylic acids is 3. The number of ketones is 3. The Labute approximate surface area is 358 Å². The van der Waals surface area contributed by atoms with Crippen LogP contribution in [0.15, 0.2) is 55.8 Å². The van der Waals surface area contributed by atoms with Crippen LogP contribution in [0.1, 0.15) is 157 Å². The average Bonchev–Trinajstić information content (AvgIpc) is 4.04. The first kappa shape index (κ1) is 48.9. The van der Waals surface area contributed by atoms with Gasteiger partial charge in [-0.2, -0.15) is 10.1 Å². The second-order valence-electron chi connectivity index (χ2n) is 16.1. The van der Waals surface area contributed by atoms with Gasteiger partial charge in [0.25, 0.3) is 0 Å². The molecule has 6 aromatic heterocycles. The van der Waals surface area contributed by atoms with E-state index in [1.54, 1.807) is 58.3 Å². The fraction of sp³-hybridized carbons (Fsp3) is 0.488. The smallest absolute Gasteiger partial charge is 0.226 e. The lowest BCUT2D eigenvalue weighted by atomic mass is 10.0. The monoisotopic (exact) mass is 838 g/mol. The second kappa shape index (κ2) is 22.2. The van der Waals surface area contributed by atoms with Crippen LogP contribution in [0, 0.1) is 5.92 Å². The summed E-state index contributed by atoms with van der Waals surface area (Å²) >= 11 is 0. The van der Waals surface area contributed by atoms with E-state index in [0.717, 1.165) is 29.0 Å². The van der Waals surface area contributed by atoms with Gasteiger partial charge in [-0.1, -0.05) is 25.1 Å². The van der Waals surface area contributed by atoms with Crippen molar-refractivity contribution in [1.29, 1.82) is 0 Å². The Hall–Kier alpha value is -6.46. The molecule has 0 aromatic carbocycles. The van der Waals surface area contributed by atoms with Crippen molar-refractivity contribution in [2.45, 2.75) is 121 Å². The highest BCUT2D eigenvalue weighted by molar-refractivity contribution is 5.93. The van der Waals surface area contributed by atoms with Gasteiger partial charge < -0.3 is 15.2 Å². The zero-order valence-corrected chi connectivity index (χ0v) is 38.4. The lowest BCUT2D eigenvalue weighted by molar-refractivity contribution is 0.0997. The van der Waals surface area contributed by atoms with Crippen molar-refractivity contribution in [3.63, 3.8) is 0 Å². The molecule has 18 heteroatoms. The Kier molecular flexibility index (Phi) is 17.8. The fourth-order valence-corrected chi connectivity index (χ4v) is 5.38. The number of Topliss-reactive ketones (excluding diaryl/α,β-unsaturated/α-hetero) is 3. The molecule has 0 fully saturated rings. The quantitative estimate of drug-likeness (QED) is 0.139. The first-order valence-electron chi connectivity index (χ1n) is 20.3. The Morgan fingerprint density at radius 2 is 1.39 bits per heavy atom. The molecule has 2 N–H and O–H groups in total. The third kappa shape index (κ3) is 13.8.